The van der Waals surface area contributed by atoms with Crippen LogP contribution in [0.15, 0.2) is 22.7 Å². The fourth-order valence-corrected chi connectivity index (χ4v) is 3.17. The van der Waals surface area contributed by atoms with Crippen molar-refractivity contribution in [3.8, 4) is 0 Å². The van der Waals surface area contributed by atoms with E-state index in [-0.39, 0.29) is 5.92 Å². The van der Waals surface area contributed by atoms with Crippen LogP contribution in [0.1, 0.15) is 52.9 Å². The quantitative estimate of drug-likeness (QED) is 0.572. The molecule has 156 valence electrons. The van der Waals surface area contributed by atoms with Crippen molar-refractivity contribution >= 4 is 33.1 Å². The number of halogens is 4. The molecule has 0 saturated carbocycles. The zero-order valence-corrected chi connectivity index (χ0v) is 18.1. The molecule has 0 saturated heterocycles. The van der Waals surface area contributed by atoms with E-state index in [1.807, 2.05) is 13.8 Å². The number of nitrogens with zero attached hydrogens (tertiary/aromatic N) is 2. The number of hydrogen-bond donors (Lipinski definition) is 1. The molecular weight excluding hydrogens is 439 g/mol. The minimum Gasteiger partial charge on any atom is -0.444 e. The van der Waals surface area contributed by atoms with Gasteiger partial charge in [-0.25, -0.2) is 9.78 Å². The summed E-state index contributed by atoms with van der Waals surface area (Å²) in [5, 5.41) is 0. The second-order valence-electron chi connectivity index (χ2n) is 8.15. The Morgan fingerprint density at radius 1 is 1.29 bits per heavy atom. The fraction of sp³-hybridized carbons (Fsp3) is 0.579. The highest BCUT2D eigenvalue weighted by Gasteiger charge is 2.40. The number of amides is 1. The number of carbonyl (C=O) groups excluding carboxylic acids is 1. The molecule has 0 fully saturated rings. The average molecular weight is 464 g/mol. The Balaban J connectivity index is 2.50. The standard InChI is InChI=1S/C19H25BrF3N3O2/c1-11(2)8-15(16-24-13-7-6-12(20)9-14(13)25-16)26(10-19(21,22)23)17(27)28-18(3,4)5/h6-7,9,11,15H,8,10H2,1-5H3,(H,24,25). The maximum Gasteiger partial charge on any atom is 0.411 e. The largest absolute Gasteiger partial charge is 0.444 e. The number of ether oxygens (including phenoxy) is 1. The van der Waals surface area contributed by atoms with Gasteiger partial charge in [-0.3, -0.25) is 4.90 Å². The smallest absolute Gasteiger partial charge is 0.411 e. The molecule has 1 atom stereocenters. The zero-order valence-electron chi connectivity index (χ0n) is 16.5. The maximum atomic E-state index is 13.3. The second kappa shape index (κ2) is 8.31. The lowest BCUT2D eigenvalue weighted by atomic mass is 10.0. The van der Waals surface area contributed by atoms with E-state index in [2.05, 4.69) is 25.9 Å². The lowest BCUT2D eigenvalue weighted by molar-refractivity contribution is -0.150. The second-order valence-corrected chi connectivity index (χ2v) is 9.07. The SMILES string of the molecule is CC(C)CC(c1nc2ccc(Br)cc2[nH]1)N(CC(F)(F)F)C(=O)OC(C)(C)C. The Hall–Kier alpha value is -1.77. The van der Waals surface area contributed by atoms with Gasteiger partial charge in [0.2, 0.25) is 0 Å². The molecule has 9 heteroatoms. The summed E-state index contributed by atoms with van der Waals surface area (Å²) in [5.41, 5.74) is 0.375. The number of nitrogens with one attached hydrogen (secondary N) is 1. The molecule has 0 aliphatic heterocycles. The molecule has 28 heavy (non-hydrogen) atoms. The molecule has 1 heterocycles. The first-order chi connectivity index (χ1) is 12.7. The first kappa shape index (κ1) is 22.5. The number of H-pyrrole nitrogens is 1. The number of aromatic amines is 1. The lowest BCUT2D eigenvalue weighted by Gasteiger charge is -2.34. The van der Waals surface area contributed by atoms with E-state index in [0.717, 1.165) is 9.37 Å². The van der Waals surface area contributed by atoms with Crippen LogP contribution in [0.3, 0.4) is 0 Å². The van der Waals surface area contributed by atoms with Gasteiger partial charge in [-0.2, -0.15) is 13.2 Å². The van der Waals surface area contributed by atoms with Gasteiger partial charge in [0, 0.05) is 4.47 Å². The van der Waals surface area contributed by atoms with Crippen LogP contribution in [0, 0.1) is 5.92 Å². The van der Waals surface area contributed by atoms with Crippen molar-refractivity contribution in [2.24, 2.45) is 5.92 Å². The van der Waals surface area contributed by atoms with Crippen molar-refractivity contribution in [3.63, 3.8) is 0 Å². The summed E-state index contributed by atoms with van der Waals surface area (Å²) < 4.78 is 45.9. The van der Waals surface area contributed by atoms with Crippen LogP contribution in [0.5, 0.6) is 0 Å². The highest BCUT2D eigenvalue weighted by Crippen LogP contribution is 2.32. The molecule has 1 aromatic heterocycles. The van der Waals surface area contributed by atoms with Gasteiger partial charge in [0.1, 0.15) is 18.0 Å². The molecule has 0 radical (unpaired) electrons. The third-order valence-electron chi connectivity index (χ3n) is 3.83. The fourth-order valence-electron chi connectivity index (χ4n) is 2.81. The molecule has 1 N–H and O–H groups in total. The first-order valence-corrected chi connectivity index (χ1v) is 9.76. The van der Waals surface area contributed by atoms with Crippen LogP contribution in [0.4, 0.5) is 18.0 Å². The van der Waals surface area contributed by atoms with Crippen LogP contribution >= 0.6 is 15.9 Å². The normalized spacial score (nSPS) is 13.8. The number of aromatic nitrogens is 2. The van der Waals surface area contributed by atoms with Gasteiger partial charge in [0.15, 0.2) is 0 Å². The van der Waals surface area contributed by atoms with Crippen molar-refractivity contribution in [1.82, 2.24) is 14.9 Å². The molecule has 0 aliphatic carbocycles. The Morgan fingerprint density at radius 3 is 2.46 bits per heavy atom. The number of fused-ring (bicyclic) bond motifs is 1. The van der Waals surface area contributed by atoms with E-state index < -0.39 is 30.5 Å². The molecule has 2 rings (SSSR count). The van der Waals surface area contributed by atoms with Crippen LogP contribution in [-0.4, -0.2) is 39.3 Å². The maximum absolute atomic E-state index is 13.3. The Morgan fingerprint density at radius 2 is 1.93 bits per heavy atom. The predicted molar refractivity (Wildman–Crippen MR) is 105 cm³/mol. The molecule has 1 aromatic carbocycles. The summed E-state index contributed by atoms with van der Waals surface area (Å²) >= 11 is 3.36. The van der Waals surface area contributed by atoms with Gasteiger partial charge in [-0.05, 0) is 51.3 Å². The van der Waals surface area contributed by atoms with E-state index in [0.29, 0.717) is 23.3 Å². The predicted octanol–water partition coefficient (Wildman–Crippen LogP) is 6.21. The van der Waals surface area contributed by atoms with Crippen LogP contribution in [0.25, 0.3) is 11.0 Å². The summed E-state index contributed by atoms with van der Waals surface area (Å²) in [6.45, 7) is 7.20. The molecule has 0 spiro atoms. The summed E-state index contributed by atoms with van der Waals surface area (Å²) in [6.07, 6.45) is -5.28. The molecule has 5 nitrogen and oxygen atoms in total. The molecule has 1 amide bonds. The van der Waals surface area contributed by atoms with E-state index in [4.69, 9.17) is 4.74 Å². The van der Waals surface area contributed by atoms with Crippen molar-refractivity contribution in [2.45, 2.75) is 58.9 Å². The zero-order chi connectivity index (χ0) is 21.3. The minimum atomic E-state index is -4.57. The van der Waals surface area contributed by atoms with E-state index in [1.54, 1.807) is 39.0 Å². The Labute approximate surface area is 170 Å². The van der Waals surface area contributed by atoms with Crippen molar-refractivity contribution in [1.29, 1.82) is 0 Å². The number of rotatable bonds is 5. The van der Waals surface area contributed by atoms with Crippen molar-refractivity contribution < 1.29 is 22.7 Å². The van der Waals surface area contributed by atoms with Gasteiger partial charge >= 0.3 is 12.3 Å². The molecule has 2 aromatic rings. The van der Waals surface area contributed by atoms with E-state index in [1.165, 1.54) is 0 Å². The topological polar surface area (TPSA) is 58.2 Å². The number of alkyl halides is 3. The number of imidazole rings is 1. The summed E-state index contributed by atoms with van der Waals surface area (Å²) in [7, 11) is 0. The minimum absolute atomic E-state index is 0.0307. The van der Waals surface area contributed by atoms with Gasteiger partial charge in [-0.15, -0.1) is 0 Å². The van der Waals surface area contributed by atoms with Gasteiger partial charge in [0.25, 0.3) is 0 Å². The highest BCUT2D eigenvalue weighted by molar-refractivity contribution is 9.10. The third-order valence-corrected chi connectivity index (χ3v) is 4.32. The molecule has 0 bridgehead atoms. The summed E-state index contributed by atoms with van der Waals surface area (Å²) in [4.78, 5) is 20.9. The lowest BCUT2D eigenvalue weighted by Crippen LogP contribution is -2.44. The van der Waals surface area contributed by atoms with Crippen molar-refractivity contribution in [3.05, 3.63) is 28.5 Å². The van der Waals surface area contributed by atoms with Gasteiger partial charge in [0.05, 0.1) is 17.1 Å². The van der Waals surface area contributed by atoms with Crippen LogP contribution in [-0.2, 0) is 4.74 Å². The molecular formula is C19H25BrF3N3O2. The summed E-state index contributed by atoms with van der Waals surface area (Å²) in [5.74, 6) is 0.333. The molecule has 0 aliphatic rings. The van der Waals surface area contributed by atoms with E-state index >= 15 is 0 Å². The Bertz CT molecular complexity index is 828. The third kappa shape index (κ3) is 6.39. The van der Waals surface area contributed by atoms with Gasteiger partial charge in [-0.1, -0.05) is 29.8 Å². The number of carbonyl (C=O) groups is 1. The van der Waals surface area contributed by atoms with Crippen LogP contribution in [0.2, 0.25) is 0 Å². The Kier molecular flexibility index (Phi) is 6.68. The monoisotopic (exact) mass is 463 g/mol. The molecule has 1 unspecified atom stereocenters. The van der Waals surface area contributed by atoms with E-state index in [9.17, 15) is 18.0 Å². The average Bonchev–Trinajstić information content (AvgIpc) is 2.90. The number of benzene rings is 1. The highest BCUT2D eigenvalue weighted by atomic mass is 79.9. The van der Waals surface area contributed by atoms with Gasteiger partial charge < -0.3 is 9.72 Å². The number of hydrogen-bond acceptors (Lipinski definition) is 3. The first-order valence-electron chi connectivity index (χ1n) is 8.97. The van der Waals surface area contributed by atoms with Crippen molar-refractivity contribution in [2.75, 3.05) is 6.54 Å². The summed E-state index contributed by atoms with van der Waals surface area (Å²) in [6, 6.07) is 4.45. The van der Waals surface area contributed by atoms with Crippen LogP contribution < -0.4 is 0 Å².